The Morgan fingerprint density at radius 2 is 1.69 bits per heavy atom. The molecule has 13 heavy (non-hydrogen) atoms. The SMILES string of the molecule is CC.Cc1cc(N)cc(C(F)F)c1. The second-order valence-electron chi connectivity index (χ2n) is 2.48. The normalized spacial score (nSPS) is 9.38. The van der Waals surface area contributed by atoms with Crippen LogP contribution in [0.5, 0.6) is 0 Å². The van der Waals surface area contributed by atoms with Gasteiger partial charge < -0.3 is 5.73 Å². The molecule has 1 aromatic carbocycles. The molecule has 3 heteroatoms. The first kappa shape index (κ1) is 11.9. The molecule has 0 aliphatic heterocycles. The maximum atomic E-state index is 12.1. The molecule has 0 amide bonds. The van der Waals surface area contributed by atoms with Crippen molar-refractivity contribution in [2.75, 3.05) is 5.73 Å². The molecule has 0 radical (unpaired) electrons. The molecule has 0 unspecified atom stereocenters. The Balaban J connectivity index is 0.000000671. The predicted octanol–water partition coefficient (Wildman–Crippen LogP) is 3.54. The van der Waals surface area contributed by atoms with Crippen molar-refractivity contribution in [3.63, 3.8) is 0 Å². The average Bonchev–Trinajstić information content (AvgIpc) is 2.06. The van der Waals surface area contributed by atoms with E-state index in [9.17, 15) is 8.78 Å². The summed E-state index contributed by atoms with van der Waals surface area (Å²) >= 11 is 0. The molecule has 0 saturated carbocycles. The molecular formula is C10H15F2N. The largest absolute Gasteiger partial charge is 0.399 e. The molecule has 0 heterocycles. The molecular weight excluding hydrogens is 172 g/mol. The Morgan fingerprint density at radius 3 is 2.08 bits per heavy atom. The minimum atomic E-state index is -2.43. The highest BCUT2D eigenvalue weighted by Gasteiger charge is 2.06. The standard InChI is InChI=1S/C8H9F2N.C2H6/c1-5-2-6(8(9)10)4-7(11)3-5;1-2/h2-4,8H,11H2,1H3;1-2H3. The van der Waals surface area contributed by atoms with Gasteiger partial charge in [-0.3, -0.25) is 0 Å². The van der Waals surface area contributed by atoms with Crippen LogP contribution in [0.15, 0.2) is 18.2 Å². The quantitative estimate of drug-likeness (QED) is 0.668. The van der Waals surface area contributed by atoms with Crippen molar-refractivity contribution in [1.29, 1.82) is 0 Å². The van der Waals surface area contributed by atoms with E-state index < -0.39 is 6.43 Å². The summed E-state index contributed by atoms with van der Waals surface area (Å²) in [6.07, 6.45) is -2.43. The van der Waals surface area contributed by atoms with Crippen LogP contribution < -0.4 is 5.73 Å². The maximum Gasteiger partial charge on any atom is 0.263 e. The van der Waals surface area contributed by atoms with E-state index >= 15 is 0 Å². The second-order valence-corrected chi connectivity index (χ2v) is 2.48. The third-order valence-corrected chi connectivity index (χ3v) is 1.37. The van der Waals surface area contributed by atoms with Gasteiger partial charge in [0, 0.05) is 11.3 Å². The molecule has 1 rings (SSSR count). The minimum Gasteiger partial charge on any atom is -0.399 e. The minimum absolute atomic E-state index is 0.0116. The fraction of sp³-hybridized carbons (Fsp3) is 0.400. The predicted molar refractivity (Wildman–Crippen MR) is 51.9 cm³/mol. The van der Waals surface area contributed by atoms with Crippen LogP contribution in [0.2, 0.25) is 0 Å². The Labute approximate surface area is 77.6 Å². The second kappa shape index (κ2) is 5.51. The fourth-order valence-electron chi connectivity index (χ4n) is 0.969. The van der Waals surface area contributed by atoms with Gasteiger partial charge in [0.05, 0.1) is 0 Å². The van der Waals surface area contributed by atoms with Gasteiger partial charge in [-0.15, -0.1) is 0 Å². The molecule has 0 aromatic heterocycles. The van der Waals surface area contributed by atoms with Gasteiger partial charge in [-0.2, -0.15) is 0 Å². The van der Waals surface area contributed by atoms with E-state index in [1.54, 1.807) is 13.0 Å². The zero-order valence-electron chi connectivity index (χ0n) is 8.14. The number of hydrogen-bond donors (Lipinski definition) is 1. The Morgan fingerprint density at radius 1 is 1.15 bits per heavy atom. The van der Waals surface area contributed by atoms with Crippen LogP contribution in [0, 0.1) is 6.92 Å². The molecule has 0 atom stereocenters. The smallest absolute Gasteiger partial charge is 0.263 e. The Bertz CT molecular complexity index is 239. The van der Waals surface area contributed by atoms with Gasteiger partial charge in [-0.05, 0) is 24.6 Å². The summed E-state index contributed by atoms with van der Waals surface area (Å²) in [4.78, 5) is 0. The molecule has 1 aromatic rings. The van der Waals surface area contributed by atoms with Crippen LogP contribution in [-0.4, -0.2) is 0 Å². The van der Waals surface area contributed by atoms with Crippen LogP contribution >= 0.6 is 0 Å². The number of nitrogens with two attached hydrogens (primary N) is 1. The lowest BCUT2D eigenvalue weighted by atomic mass is 10.1. The number of anilines is 1. The third-order valence-electron chi connectivity index (χ3n) is 1.37. The highest BCUT2D eigenvalue weighted by Crippen LogP contribution is 2.21. The monoisotopic (exact) mass is 187 g/mol. The van der Waals surface area contributed by atoms with Crippen LogP contribution in [0.25, 0.3) is 0 Å². The third kappa shape index (κ3) is 3.87. The van der Waals surface area contributed by atoms with Crippen molar-refractivity contribution in [3.05, 3.63) is 29.3 Å². The number of halogens is 2. The van der Waals surface area contributed by atoms with Gasteiger partial charge in [0.15, 0.2) is 0 Å². The molecule has 2 N–H and O–H groups in total. The number of aryl methyl sites for hydroxylation is 1. The number of nitrogen functional groups attached to an aromatic ring is 1. The van der Waals surface area contributed by atoms with Crippen molar-refractivity contribution in [1.82, 2.24) is 0 Å². The van der Waals surface area contributed by atoms with E-state index in [2.05, 4.69) is 0 Å². The summed E-state index contributed by atoms with van der Waals surface area (Å²) in [5, 5.41) is 0. The first-order valence-corrected chi connectivity index (χ1v) is 4.25. The average molecular weight is 187 g/mol. The van der Waals surface area contributed by atoms with Crippen molar-refractivity contribution in [3.8, 4) is 0 Å². The van der Waals surface area contributed by atoms with Gasteiger partial charge in [0.25, 0.3) is 6.43 Å². The summed E-state index contributed by atoms with van der Waals surface area (Å²) in [5.41, 5.74) is 6.51. The van der Waals surface area contributed by atoms with Crippen molar-refractivity contribution in [2.45, 2.75) is 27.2 Å². The zero-order chi connectivity index (χ0) is 10.4. The highest BCUT2D eigenvalue weighted by atomic mass is 19.3. The van der Waals surface area contributed by atoms with Crippen LogP contribution in [0.3, 0.4) is 0 Å². The van der Waals surface area contributed by atoms with Crippen LogP contribution in [-0.2, 0) is 0 Å². The van der Waals surface area contributed by atoms with Gasteiger partial charge in [-0.1, -0.05) is 19.9 Å². The van der Waals surface area contributed by atoms with Crippen LogP contribution in [0.1, 0.15) is 31.4 Å². The number of rotatable bonds is 1. The lowest BCUT2D eigenvalue weighted by Gasteiger charge is -2.02. The van der Waals surface area contributed by atoms with Crippen molar-refractivity contribution >= 4 is 5.69 Å². The molecule has 74 valence electrons. The van der Waals surface area contributed by atoms with E-state index in [4.69, 9.17) is 5.73 Å². The lowest BCUT2D eigenvalue weighted by Crippen LogP contribution is -1.90. The van der Waals surface area contributed by atoms with Crippen molar-refractivity contribution < 1.29 is 8.78 Å². The summed E-state index contributed by atoms with van der Waals surface area (Å²) in [7, 11) is 0. The van der Waals surface area contributed by atoms with E-state index in [1.165, 1.54) is 12.1 Å². The Hall–Kier alpha value is -1.12. The van der Waals surface area contributed by atoms with Crippen LogP contribution in [0.4, 0.5) is 14.5 Å². The summed E-state index contributed by atoms with van der Waals surface area (Å²) in [5.74, 6) is 0. The fourth-order valence-corrected chi connectivity index (χ4v) is 0.969. The molecule has 0 aliphatic rings. The molecule has 0 fully saturated rings. The highest BCUT2D eigenvalue weighted by molar-refractivity contribution is 5.44. The number of benzene rings is 1. The van der Waals surface area contributed by atoms with Gasteiger partial charge in [-0.25, -0.2) is 8.78 Å². The van der Waals surface area contributed by atoms with E-state index in [-0.39, 0.29) is 5.56 Å². The first-order valence-electron chi connectivity index (χ1n) is 4.25. The lowest BCUT2D eigenvalue weighted by molar-refractivity contribution is 0.151. The van der Waals surface area contributed by atoms with Gasteiger partial charge in [0.1, 0.15) is 0 Å². The van der Waals surface area contributed by atoms with E-state index in [0.717, 1.165) is 5.56 Å². The molecule has 0 bridgehead atoms. The molecule has 1 nitrogen and oxygen atoms in total. The Kier molecular flexibility index (Phi) is 5.04. The molecule has 0 aliphatic carbocycles. The van der Waals surface area contributed by atoms with Gasteiger partial charge in [0.2, 0.25) is 0 Å². The molecule has 0 saturated heterocycles. The maximum absolute atomic E-state index is 12.1. The first-order chi connectivity index (χ1) is 6.09. The topological polar surface area (TPSA) is 26.0 Å². The van der Waals surface area contributed by atoms with E-state index in [1.807, 2.05) is 13.8 Å². The summed E-state index contributed by atoms with van der Waals surface area (Å²) in [6.45, 7) is 5.74. The summed E-state index contributed by atoms with van der Waals surface area (Å²) in [6, 6.07) is 4.38. The summed E-state index contributed by atoms with van der Waals surface area (Å²) < 4.78 is 24.1. The van der Waals surface area contributed by atoms with E-state index in [0.29, 0.717) is 5.69 Å². The molecule has 0 spiro atoms. The number of alkyl halides is 2. The van der Waals surface area contributed by atoms with Crippen molar-refractivity contribution in [2.24, 2.45) is 0 Å². The van der Waals surface area contributed by atoms with Gasteiger partial charge >= 0.3 is 0 Å². The number of hydrogen-bond acceptors (Lipinski definition) is 1. The zero-order valence-corrected chi connectivity index (χ0v) is 8.14.